The Bertz CT molecular complexity index is 1330. The number of ether oxygens (including phenoxy) is 1. The first-order valence-corrected chi connectivity index (χ1v) is 10.9. The largest absolute Gasteiger partial charge is 0.495 e. The van der Waals surface area contributed by atoms with Gasteiger partial charge in [0.2, 0.25) is 0 Å². The quantitative estimate of drug-likeness (QED) is 0.350. The number of carboxylic acid groups (broad SMARTS) is 1. The lowest BCUT2D eigenvalue weighted by Gasteiger charge is -2.14. The lowest BCUT2D eigenvalue weighted by molar-refractivity contribution is 0.0685. The van der Waals surface area contributed by atoms with Gasteiger partial charge in [0.05, 0.1) is 37.1 Å². The zero-order valence-electron chi connectivity index (χ0n) is 18.3. The molecule has 0 atom stereocenters. The van der Waals surface area contributed by atoms with Gasteiger partial charge in [-0.05, 0) is 29.7 Å². The van der Waals surface area contributed by atoms with E-state index in [1.165, 1.54) is 0 Å². The van der Waals surface area contributed by atoms with E-state index in [1.54, 1.807) is 36.3 Å². The summed E-state index contributed by atoms with van der Waals surface area (Å²) in [5.41, 5.74) is 4.21. The third-order valence-corrected chi connectivity index (χ3v) is 5.95. The summed E-state index contributed by atoms with van der Waals surface area (Å²) < 4.78 is 12.8. The number of carbonyl (C=O) groups is 1. The van der Waals surface area contributed by atoms with Crippen molar-refractivity contribution in [2.75, 3.05) is 7.11 Å². The van der Waals surface area contributed by atoms with Crippen LogP contribution in [0.1, 0.15) is 47.2 Å². The highest BCUT2D eigenvalue weighted by Gasteiger charge is 2.30. The first-order valence-electron chi connectivity index (χ1n) is 10.5. The standard InChI is InChI=1S/C25H22ClN3O4/c1-3-4-9-20-28-24(26)22(25(30)31)29(20)13-18-17-10-11-33-14-19(17)23(32-2)21(18)16-8-6-5-7-15(16)12-27/h5-8,10-11,14H,3-4,9,13H2,1-2H3,(H,30,31). The highest BCUT2D eigenvalue weighted by Crippen LogP contribution is 2.49. The van der Waals surface area contributed by atoms with Crippen molar-refractivity contribution >= 4 is 17.6 Å². The number of imidazole rings is 1. The molecule has 0 spiro atoms. The number of unbranched alkanes of at least 4 members (excludes halogenated alkanes) is 1. The molecule has 2 aromatic rings. The molecule has 0 unspecified atom stereocenters. The fourth-order valence-electron chi connectivity index (χ4n) is 4.20. The van der Waals surface area contributed by atoms with Gasteiger partial charge in [0.1, 0.15) is 17.8 Å². The Balaban J connectivity index is 2.01. The number of fused-ring (bicyclic) bond motifs is 1. The summed E-state index contributed by atoms with van der Waals surface area (Å²) in [6, 6.07) is 11.3. The van der Waals surface area contributed by atoms with E-state index in [-0.39, 0.29) is 17.4 Å². The molecule has 1 aromatic heterocycles. The summed E-state index contributed by atoms with van der Waals surface area (Å²) in [5, 5.41) is 19.6. The van der Waals surface area contributed by atoms with E-state index in [4.69, 9.17) is 20.8 Å². The van der Waals surface area contributed by atoms with Crippen molar-refractivity contribution in [3.8, 4) is 34.1 Å². The third-order valence-electron chi connectivity index (χ3n) is 5.69. The Hall–Kier alpha value is -3.76. The molecular weight excluding hydrogens is 442 g/mol. The molecule has 8 heteroatoms. The maximum absolute atomic E-state index is 12.1. The summed E-state index contributed by atoms with van der Waals surface area (Å²) in [5.74, 6) is 0.0185. The van der Waals surface area contributed by atoms with Crippen molar-refractivity contribution in [1.29, 1.82) is 5.26 Å². The zero-order valence-corrected chi connectivity index (χ0v) is 19.0. The molecule has 0 amide bonds. The van der Waals surface area contributed by atoms with Crippen LogP contribution in [0.25, 0.3) is 22.3 Å². The van der Waals surface area contributed by atoms with Crippen LogP contribution in [0.5, 0.6) is 5.75 Å². The van der Waals surface area contributed by atoms with E-state index < -0.39 is 5.97 Å². The molecule has 2 aliphatic rings. The molecule has 0 fully saturated rings. The van der Waals surface area contributed by atoms with Gasteiger partial charge < -0.3 is 18.8 Å². The number of methoxy groups -OCH3 is 1. The summed E-state index contributed by atoms with van der Waals surface area (Å²) >= 11 is 6.25. The zero-order chi connectivity index (χ0) is 23.5. The minimum absolute atomic E-state index is 0.0367. The summed E-state index contributed by atoms with van der Waals surface area (Å²) in [7, 11) is 1.56. The lowest BCUT2D eigenvalue weighted by Crippen LogP contribution is -2.13. The Morgan fingerprint density at radius 1 is 1.27 bits per heavy atom. The van der Waals surface area contributed by atoms with Crippen LogP contribution in [0.3, 0.4) is 0 Å². The molecule has 1 aliphatic carbocycles. The van der Waals surface area contributed by atoms with Crippen molar-refractivity contribution in [1.82, 2.24) is 9.55 Å². The number of benzene rings is 1. The maximum Gasteiger partial charge on any atom is 0.355 e. The molecule has 4 rings (SSSR count). The molecule has 1 aromatic carbocycles. The summed E-state index contributed by atoms with van der Waals surface area (Å²) in [6.45, 7) is 2.25. The predicted molar refractivity (Wildman–Crippen MR) is 124 cm³/mol. The van der Waals surface area contributed by atoms with Gasteiger partial charge in [-0.15, -0.1) is 0 Å². The number of nitrogens with zero attached hydrogens (tertiary/aromatic N) is 3. The average molecular weight is 464 g/mol. The second kappa shape index (κ2) is 9.39. The van der Waals surface area contributed by atoms with E-state index in [0.717, 1.165) is 29.5 Å². The molecule has 7 nitrogen and oxygen atoms in total. The molecule has 2 heterocycles. The van der Waals surface area contributed by atoms with Crippen LogP contribution >= 0.6 is 11.6 Å². The lowest BCUT2D eigenvalue weighted by atomic mass is 9.98. The van der Waals surface area contributed by atoms with E-state index in [2.05, 4.69) is 18.0 Å². The van der Waals surface area contributed by atoms with Gasteiger partial charge in [0.25, 0.3) is 0 Å². The summed E-state index contributed by atoms with van der Waals surface area (Å²) in [4.78, 5) is 16.4. The van der Waals surface area contributed by atoms with Crippen molar-refractivity contribution < 1.29 is 19.1 Å². The minimum Gasteiger partial charge on any atom is -0.495 e. The number of hydrogen-bond donors (Lipinski definition) is 1. The molecule has 0 radical (unpaired) electrons. The Morgan fingerprint density at radius 2 is 2.06 bits per heavy atom. The highest BCUT2D eigenvalue weighted by molar-refractivity contribution is 6.32. The normalized spacial score (nSPS) is 11.0. The van der Waals surface area contributed by atoms with Gasteiger partial charge in [-0.3, -0.25) is 0 Å². The van der Waals surface area contributed by atoms with Crippen LogP contribution in [-0.4, -0.2) is 27.7 Å². The van der Waals surface area contributed by atoms with Crippen LogP contribution in [0, 0.1) is 11.3 Å². The molecular formula is C25H22ClN3O4. The number of aromatic carboxylic acids is 1. The Labute approximate surface area is 196 Å². The fraction of sp³-hybridized carbons (Fsp3) is 0.240. The fourth-order valence-corrected chi connectivity index (χ4v) is 4.48. The summed E-state index contributed by atoms with van der Waals surface area (Å²) in [6.07, 6.45) is 5.52. The number of carboxylic acids is 1. The monoisotopic (exact) mass is 463 g/mol. The third kappa shape index (κ3) is 3.94. The topological polar surface area (TPSA) is 101 Å². The van der Waals surface area contributed by atoms with E-state index in [0.29, 0.717) is 34.7 Å². The second-order valence-electron chi connectivity index (χ2n) is 7.59. The minimum atomic E-state index is -1.15. The first kappa shape index (κ1) is 22.4. The van der Waals surface area contributed by atoms with Crippen molar-refractivity contribution in [2.24, 2.45) is 0 Å². The molecule has 1 N–H and O–H groups in total. The number of aryl methyl sites for hydroxylation is 1. The second-order valence-corrected chi connectivity index (χ2v) is 7.95. The van der Waals surface area contributed by atoms with E-state index in [9.17, 15) is 15.2 Å². The number of rotatable bonds is 8. The van der Waals surface area contributed by atoms with Crippen molar-refractivity contribution in [2.45, 2.75) is 32.7 Å². The number of aromatic nitrogens is 2. The van der Waals surface area contributed by atoms with E-state index >= 15 is 0 Å². The molecule has 1 aliphatic heterocycles. The van der Waals surface area contributed by atoms with Gasteiger partial charge >= 0.3 is 5.97 Å². The number of halogens is 1. The van der Waals surface area contributed by atoms with Crippen molar-refractivity contribution in [3.05, 3.63) is 70.7 Å². The molecule has 0 saturated carbocycles. The average Bonchev–Trinajstić information content (AvgIpc) is 3.31. The predicted octanol–water partition coefficient (Wildman–Crippen LogP) is 5.87. The van der Waals surface area contributed by atoms with Gasteiger partial charge in [0, 0.05) is 17.5 Å². The molecule has 33 heavy (non-hydrogen) atoms. The van der Waals surface area contributed by atoms with E-state index in [1.807, 2.05) is 18.2 Å². The van der Waals surface area contributed by atoms with Crippen molar-refractivity contribution in [3.63, 3.8) is 0 Å². The Kier molecular flexibility index (Phi) is 6.38. The SMILES string of the molecule is CCCCc1nc(Cl)c(C(=O)O)n1Cc1c2ccocc-2c(OC)c1-c1ccccc1C#N. The van der Waals surface area contributed by atoms with Crippen LogP contribution in [0.2, 0.25) is 5.15 Å². The van der Waals surface area contributed by atoms with Crippen LogP contribution in [0.4, 0.5) is 0 Å². The van der Waals surface area contributed by atoms with Gasteiger partial charge in [-0.2, -0.15) is 5.26 Å². The van der Waals surface area contributed by atoms with Gasteiger partial charge in [-0.25, -0.2) is 9.78 Å². The molecule has 0 saturated heterocycles. The van der Waals surface area contributed by atoms with Crippen LogP contribution in [-0.2, 0) is 13.0 Å². The molecule has 0 bridgehead atoms. The van der Waals surface area contributed by atoms with Crippen LogP contribution < -0.4 is 4.74 Å². The first-order chi connectivity index (χ1) is 16.0. The van der Waals surface area contributed by atoms with Gasteiger partial charge in [0.15, 0.2) is 10.8 Å². The van der Waals surface area contributed by atoms with Gasteiger partial charge in [-0.1, -0.05) is 43.1 Å². The molecule has 168 valence electrons. The number of hydrogen-bond acceptors (Lipinski definition) is 5. The van der Waals surface area contributed by atoms with Crippen LogP contribution in [0.15, 0.2) is 47.3 Å². The highest BCUT2D eigenvalue weighted by atomic mass is 35.5. The number of nitriles is 1. The Morgan fingerprint density at radius 3 is 2.76 bits per heavy atom. The maximum atomic E-state index is 12.1. The smallest absolute Gasteiger partial charge is 0.355 e.